The molecule has 1 N–H and O–H groups in total. The van der Waals surface area contributed by atoms with Crippen LogP contribution in [-0.2, 0) is 9.59 Å². The van der Waals surface area contributed by atoms with Gasteiger partial charge in [0, 0.05) is 0 Å². The predicted octanol–water partition coefficient (Wildman–Crippen LogP) is 2.50. The summed E-state index contributed by atoms with van der Waals surface area (Å²) in [5, 5.41) is 8.96. The van der Waals surface area contributed by atoms with E-state index in [1.165, 1.54) is 31.2 Å². The summed E-state index contributed by atoms with van der Waals surface area (Å²) in [6.07, 6.45) is 1.50. The number of halogens is 1. The van der Waals surface area contributed by atoms with Crippen LogP contribution in [-0.4, -0.2) is 32.2 Å². The SMILES string of the molecule is CC(C(=O)O)N1C(=O)/C(=C/c2cccc(F)c2)SC1=S. The molecule has 0 aliphatic carbocycles. The van der Waals surface area contributed by atoms with Crippen molar-refractivity contribution in [3.05, 3.63) is 40.6 Å². The minimum atomic E-state index is -1.13. The monoisotopic (exact) mass is 311 g/mol. The fraction of sp³-hybridized carbons (Fsp3) is 0.154. The van der Waals surface area contributed by atoms with Crippen molar-refractivity contribution in [2.45, 2.75) is 13.0 Å². The first-order valence-electron chi connectivity index (χ1n) is 5.65. The molecule has 4 nitrogen and oxygen atoms in total. The number of rotatable bonds is 3. The molecule has 1 atom stereocenters. The average Bonchev–Trinajstić information content (AvgIpc) is 2.63. The van der Waals surface area contributed by atoms with Gasteiger partial charge in [-0.2, -0.15) is 0 Å². The van der Waals surface area contributed by atoms with Crippen LogP contribution in [0.4, 0.5) is 4.39 Å². The molecular weight excluding hydrogens is 301 g/mol. The lowest BCUT2D eigenvalue weighted by molar-refractivity contribution is -0.144. The van der Waals surface area contributed by atoms with Gasteiger partial charge in [0.05, 0.1) is 4.91 Å². The Morgan fingerprint density at radius 2 is 2.25 bits per heavy atom. The average molecular weight is 311 g/mol. The van der Waals surface area contributed by atoms with Crippen LogP contribution >= 0.6 is 24.0 Å². The van der Waals surface area contributed by atoms with Crippen LogP contribution in [0, 0.1) is 5.82 Å². The van der Waals surface area contributed by atoms with Crippen molar-refractivity contribution in [1.82, 2.24) is 4.90 Å². The van der Waals surface area contributed by atoms with Crippen LogP contribution in [0.5, 0.6) is 0 Å². The molecule has 1 aromatic carbocycles. The third kappa shape index (κ3) is 2.88. The van der Waals surface area contributed by atoms with Crippen molar-refractivity contribution in [1.29, 1.82) is 0 Å². The summed E-state index contributed by atoms with van der Waals surface area (Å²) in [5.41, 5.74) is 0.522. The Bertz CT molecular complexity index is 630. The number of thiocarbonyl (C=S) groups is 1. The second-order valence-corrected chi connectivity index (χ2v) is 5.80. The van der Waals surface area contributed by atoms with Crippen LogP contribution < -0.4 is 0 Å². The zero-order chi connectivity index (χ0) is 14.9. The number of benzene rings is 1. The fourth-order valence-corrected chi connectivity index (χ4v) is 3.09. The quantitative estimate of drug-likeness (QED) is 0.686. The summed E-state index contributed by atoms with van der Waals surface area (Å²) in [7, 11) is 0. The van der Waals surface area contributed by atoms with E-state index in [1.54, 1.807) is 6.07 Å². The summed E-state index contributed by atoms with van der Waals surface area (Å²) in [4.78, 5) is 24.4. The highest BCUT2D eigenvalue weighted by Gasteiger charge is 2.38. The smallest absolute Gasteiger partial charge is 0.326 e. The molecule has 1 aliphatic rings. The lowest BCUT2D eigenvalue weighted by Crippen LogP contribution is -2.41. The Hall–Kier alpha value is -1.73. The number of amides is 1. The predicted molar refractivity (Wildman–Crippen MR) is 78.5 cm³/mol. The van der Waals surface area contributed by atoms with Crippen LogP contribution in [0.2, 0.25) is 0 Å². The maximum atomic E-state index is 13.1. The van der Waals surface area contributed by atoms with Crippen molar-refractivity contribution in [3.63, 3.8) is 0 Å². The highest BCUT2D eigenvalue weighted by molar-refractivity contribution is 8.26. The summed E-state index contributed by atoms with van der Waals surface area (Å²) < 4.78 is 13.3. The van der Waals surface area contributed by atoms with E-state index in [1.807, 2.05) is 0 Å². The molecule has 1 heterocycles. The number of hydrogen-bond donors (Lipinski definition) is 1. The minimum Gasteiger partial charge on any atom is -0.480 e. The Morgan fingerprint density at radius 1 is 1.55 bits per heavy atom. The Labute approximate surface area is 124 Å². The van der Waals surface area contributed by atoms with Crippen LogP contribution in [0.15, 0.2) is 29.2 Å². The number of thioether (sulfide) groups is 1. The first-order valence-corrected chi connectivity index (χ1v) is 6.88. The number of hydrogen-bond acceptors (Lipinski definition) is 4. The largest absolute Gasteiger partial charge is 0.480 e. The fourth-order valence-electron chi connectivity index (χ4n) is 1.67. The zero-order valence-corrected chi connectivity index (χ0v) is 12.0. The summed E-state index contributed by atoms with van der Waals surface area (Å²) in [6.45, 7) is 1.39. The molecule has 104 valence electrons. The molecule has 0 aromatic heterocycles. The van der Waals surface area contributed by atoms with Crippen molar-refractivity contribution in [2.24, 2.45) is 0 Å². The van der Waals surface area contributed by atoms with E-state index in [-0.39, 0.29) is 9.23 Å². The van der Waals surface area contributed by atoms with Crippen LogP contribution in [0.25, 0.3) is 6.08 Å². The van der Waals surface area contributed by atoms with Crippen molar-refractivity contribution in [3.8, 4) is 0 Å². The molecule has 0 bridgehead atoms. The van der Waals surface area contributed by atoms with E-state index >= 15 is 0 Å². The molecule has 1 unspecified atom stereocenters. The van der Waals surface area contributed by atoms with E-state index in [4.69, 9.17) is 17.3 Å². The molecule has 1 aromatic rings. The second-order valence-electron chi connectivity index (χ2n) is 4.12. The molecule has 7 heteroatoms. The van der Waals surface area contributed by atoms with Crippen LogP contribution in [0.1, 0.15) is 12.5 Å². The van der Waals surface area contributed by atoms with Gasteiger partial charge in [-0.25, -0.2) is 9.18 Å². The molecule has 1 aliphatic heterocycles. The number of carboxylic acid groups (broad SMARTS) is 1. The van der Waals surface area contributed by atoms with Gasteiger partial charge < -0.3 is 5.11 Å². The molecular formula is C13H10FNO3S2. The van der Waals surface area contributed by atoms with Gasteiger partial charge in [0.25, 0.3) is 5.91 Å². The lowest BCUT2D eigenvalue weighted by Gasteiger charge is -2.18. The molecule has 1 amide bonds. The highest BCUT2D eigenvalue weighted by Crippen LogP contribution is 2.33. The van der Waals surface area contributed by atoms with E-state index in [0.29, 0.717) is 5.56 Å². The molecule has 20 heavy (non-hydrogen) atoms. The van der Waals surface area contributed by atoms with Crippen molar-refractivity contribution >= 4 is 46.3 Å². The van der Waals surface area contributed by atoms with Gasteiger partial charge in [-0.15, -0.1) is 0 Å². The third-order valence-electron chi connectivity index (χ3n) is 2.71. The van der Waals surface area contributed by atoms with Gasteiger partial charge >= 0.3 is 5.97 Å². The molecule has 0 spiro atoms. The molecule has 1 saturated heterocycles. The summed E-state index contributed by atoms with van der Waals surface area (Å²) >= 11 is 6.03. The third-order valence-corrected chi connectivity index (χ3v) is 4.05. The summed E-state index contributed by atoms with van der Waals surface area (Å²) in [6, 6.07) is 4.74. The van der Waals surface area contributed by atoms with Gasteiger partial charge in [-0.1, -0.05) is 36.1 Å². The number of carboxylic acids is 1. The Kier molecular flexibility index (Phi) is 4.20. The molecule has 2 rings (SSSR count). The van der Waals surface area contributed by atoms with Gasteiger partial charge in [0.15, 0.2) is 0 Å². The maximum absolute atomic E-state index is 13.1. The molecule has 1 fully saturated rings. The zero-order valence-electron chi connectivity index (χ0n) is 10.4. The standard InChI is InChI=1S/C13H10FNO3S2/c1-7(12(17)18)15-11(16)10(20-13(15)19)6-8-3-2-4-9(14)5-8/h2-7H,1H3,(H,17,18)/b10-6-. The number of nitrogens with zero attached hydrogens (tertiary/aromatic N) is 1. The normalized spacial score (nSPS) is 18.7. The van der Waals surface area contributed by atoms with E-state index in [0.717, 1.165) is 16.7 Å². The van der Waals surface area contributed by atoms with Crippen molar-refractivity contribution < 1.29 is 19.1 Å². The van der Waals surface area contributed by atoms with Crippen molar-refractivity contribution in [2.75, 3.05) is 0 Å². The number of aliphatic carboxylic acids is 1. The van der Waals surface area contributed by atoms with Gasteiger partial charge in [-0.05, 0) is 30.7 Å². The van der Waals surface area contributed by atoms with Gasteiger partial charge in [-0.3, -0.25) is 9.69 Å². The first-order chi connectivity index (χ1) is 9.40. The topological polar surface area (TPSA) is 57.6 Å². The number of carbonyl (C=O) groups is 2. The van der Waals surface area contributed by atoms with E-state index in [9.17, 15) is 14.0 Å². The lowest BCUT2D eigenvalue weighted by atomic mass is 10.2. The highest BCUT2D eigenvalue weighted by atomic mass is 32.2. The second kappa shape index (κ2) is 5.72. The Morgan fingerprint density at radius 3 is 2.85 bits per heavy atom. The van der Waals surface area contributed by atoms with E-state index in [2.05, 4.69) is 0 Å². The maximum Gasteiger partial charge on any atom is 0.326 e. The summed E-state index contributed by atoms with van der Waals surface area (Å²) in [5.74, 6) is -2.01. The van der Waals surface area contributed by atoms with E-state index < -0.39 is 23.7 Å². The van der Waals surface area contributed by atoms with Gasteiger partial charge in [0.2, 0.25) is 0 Å². The molecule has 0 radical (unpaired) electrons. The molecule has 0 saturated carbocycles. The number of carbonyl (C=O) groups excluding carboxylic acids is 1. The van der Waals surface area contributed by atoms with Gasteiger partial charge in [0.1, 0.15) is 16.2 Å². The minimum absolute atomic E-state index is 0.188. The Balaban J connectivity index is 2.30. The first kappa shape index (κ1) is 14.7. The van der Waals surface area contributed by atoms with Crippen LogP contribution in [0.3, 0.4) is 0 Å².